The monoisotopic (exact) mass is 399 g/mol. The number of methoxy groups -OCH3 is 1. The summed E-state index contributed by atoms with van der Waals surface area (Å²) >= 11 is 3.16. The third-order valence-corrected chi connectivity index (χ3v) is 6.21. The van der Waals surface area contributed by atoms with Gasteiger partial charge in [-0.1, -0.05) is 11.8 Å². The molecule has 27 heavy (non-hydrogen) atoms. The van der Waals surface area contributed by atoms with Crippen LogP contribution in [0.5, 0.6) is 5.75 Å². The average molecular weight is 400 g/mol. The lowest BCUT2D eigenvalue weighted by Crippen LogP contribution is -2.33. The highest BCUT2D eigenvalue weighted by Gasteiger charge is 2.32. The number of rotatable bonds is 8. The van der Waals surface area contributed by atoms with Crippen LogP contribution in [0.3, 0.4) is 0 Å². The van der Waals surface area contributed by atoms with Crippen molar-refractivity contribution in [3.05, 3.63) is 59.0 Å². The van der Waals surface area contributed by atoms with Crippen LogP contribution in [-0.2, 0) is 11.3 Å². The first-order valence-corrected chi connectivity index (χ1v) is 10.8. The van der Waals surface area contributed by atoms with Crippen LogP contribution in [0, 0.1) is 0 Å². The number of carbonyl (C=O) groups excluding carboxylic acids is 1. The quantitative estimate of drug-likeness (QED) is 0.532. The van der Waals surface area contributed by atoms with E-state index in [0.29, 0.717) is 18.3 Å². The van der Waals surface area contributed by atoms with Gasteiger partial charge < -0.3 is 9.64 Å². The lowest BCUT2D eigenvalue weighted by molar-refractivity contribution is -0.129. The van der Waals surface area contributed by atoms with Crippen LogP contribution < -0.4 is 4.74 Å². The van der Waals surface area contributed by atoms with E-state index >= 15 is 0 Å². The van der Waals surface area contributed by atoms with Crippen LogP contribution in [0.25, 0.3) is 5.69 Å². The predicted molar refractivity (Wildman–Crippen MR) is 109 cm³/mol. The number of nitrogens with zero attached hydrogens (tertiary/aromatic N) is 3. The Labute approximate surface area is 167 Å². The van der Waals surface area contributed by atoms with Gasteiger partial charge in [0.15, 0.2) is 5.16 Å². The van der Waals surface area contributed by atoms with Crippen molar-refractivity contribution in [2.45, 2.75) is 30.6 Å². The standard InChI is InChI=1S/C20H21N3O2S2/c1-25-18-6-4-16(5-7-18)22-10-9-21-20(22)27-14-19(24)23(17-2-3-17)12-15-8-11-26-13-15/h4-11,13,17H,2-3,12,14H2,1H3. The van der Waals surface area contributed by atoms with E-state index < -0.39 is 0 Å². The zero-order valence-electron chi connectivity index (χ0n) is 15.1. The molecule has 2 heterocycles. The van der Waals surface area contributed by atoms with E-state index in [1.54, 1.807) is 24.6 Å². The molecule has 0 atom stereocenters. The number of ether oxygens (including phenoxy) is 1. The number of thiophene rings is 1. The van der Waals surface area contributed by atoms with Crippen molar-refractivity contribution < 1.29 is 9.53 Å². The third-order valence-electron chi connectivity index (χ3n) is 4.52. The lowest BCUT2D eigenvalue weighted by Gasteiger charge is -2.22. The van der Waals surface area contributed by atoms with Crippen molar-refractivity contribution in [3.8, 4) is 11.4 Å². The molecule has 3 aromatic rings. The molecule has 1 saturated carbocycles. The van der Waals surface area contributed by atoms with Gasteiger partial charge in [0.05, 0.1) is 12.9 Å². The maximum atomic E-state index is 12.8. The maximum absolute atomic E-state index is 12.8. The van der Waals surface area contributed by atoms with E-state index in [2.05, 4.69) is 21.8 Å². The molecule has 1 aliphatic rings. The Balaban J connectivity index is 1.42. The normalized spacial score (nSPS) is 13.5. The third kappa shape index (κ3) is 4.36. The number of aromatic nitrogens is 2. The van der Waals surface area contributed by atoms with Gasteiger partial charge >= 0.3 is 0 Å². The van der Waals surface area contributed by atoms with Crippen molar-refractivity contribution in [1.82, 2.24) is 14.5 Å². The number of hydrogen-bond donors (Lipinski definition) is 0. The van der Waals surface area contributed by atoms with Gasteiger partial charge in [0.25, 0.3) is 0 Å². The van der Waals surface area contributed by atoms with Crippen molar-refractivity contribution in [1.29, 1.82) is 0 Å². The van der Waals surface area contributed by atoms with E-state index in [4.69, 9.17) is 4.74 Å². The minimum atomic E-state index is 0.179. The molecule has 140 valence electrons. The fourth-order valence-corrected chi connectivity index (χ4v) is 4.45. The highest BCUT2D eigenvalue weighted by Crippen LogP contribution is 2.30. The molecule has 1 aromatic carbocycles. The SMILES string of the molecule is COc1ccc(-n2ccnc2SCC(=O)N(Cc2ccsc2)C2CC2)cc1. The first-order chi connectivity index (χ1) is 13.2. The van der Waals surface area contributed by atoms with Crippen LogP contribution in [0.2, 0.25) is 0 Å². The molecular weight excluding hydrogens is 378 g/mol. The summed E-state index contributed by atoms with van der Waals surface area (Å²) in [5, 5.41) is 5.00. The Bertz CT molecular complexity index is 886. The van der Waals surface area contributed by atoms with Gasteiger partial charge in [-0.25, -0.2) is 4.98 Å². The number of amides is 1. The minimum Gasteiger partial charge on any atom is -0.497 e. The summed E-state index contributed by atoms with van der Waals surface area (Å²) in [6.07, 6.45) is 5.90. The number of carbonyl (C=O) groups is 1. The summed E-state index contributed by atoms with van der Waals surface area (Å²) in [6.45, 7) is 0.709. The van der Waals surface area contributed by atoms with Gasteiger partial charge in [0.1, 0.15) is 5.75 Å². The number of hydrogen-bond acceptors (Lipinski definition) is 5. The molecule has 0 bridgehead atoms. The molecule has 0 aliphatic heterocycles. The largest absolute Gasteiger partial charge is 0.497 e. The summed E-state index contributed by atoms with van der Waals surface area (Å²) in [7, 11) is 1.65. The van der Waals surface area contributed by atoms with Crippen LogP contribution in [-0.4, -0.2) is 39.3 Å². The maximum Gasteiger partial charge on any atom is 0.233 e. The van der Waals surface area contributed by atoms with Crippen LogP contribution in [0.4, 0.5) is 0 Å². The summed E-state index contributed by atoms with van der Waals surface area (Å²) in [5.74, 6) is 1.39. The van der Waals surface area contributed by atoms with Gasteiger partial charge in [-0.15, -0.1) is 0 Å². The molecule has 7 heteroatoms. The highest BCUT2D eigenvalue weighted by molar-refractivity contribution is 7.99. The van der Waals surface area contributed by atoms with Crippen molar-refractivity contribution in [3.63, 3.8) is 0 Å². The van der Waals surface area contributed by atoms with Gasteiger partial charge in [-0.3, -0.25) is 9.36 Å². The Morgan fingerprint density at radius 1 is 1.33 bits per heavy atom. The summed E-state index contributed by atoms with van der Waals surface area (Å²) in [5.41, 5.74) is 2.21. The predicted octanol–water partition coefficient (Wildman–Crippen LogP) is 4.23. The Morgan fingerprint density at radius 3 is 2.81 bits per heavy atom. The minimum absolute atomic E-state index is 0.179. The van der Waals surface area contributed by atoms with E-state index in [-0.39, 0.29) is 5.91 Å². The zero-order chi connectivity index (χ0) is 18.6. The molecule has 2 aromatic heterocycles. The van der Waals surface area contributed by atoms with Crippen molar-refractivity contribution >= 4 is 29.0 Å². The Hall–Kier alpha value is -2.25. The smallest absolute Gasteiger partial charge is 0.233 e. The van der Waals surface area contributed by atoms with Crippen molar-refractivity contribution in [2.75, 3.05) is 12.9 Å². The van der Waals surface area contributed by atoms with Gasteiger partial charge in [-0.2, -0.15) is 11.3 Å². The van der Waals surface area contributed by atoms with E-state index in [0.717, 1.165) is 29.4 Å². The molecule has 1 amide bonds. The van der Waals surface area contributed by atoms with Crippen LogP contribution in [0.15, 0.2) is 58.6 Å². The number of imidazole rings is 1. The molecule has 0 saturated heterocycles. The summed E-state index contributed by atoms with van der Waals surface area (Å²) in [6, 6.07) is 10.3. The molecule has 4 rings (SSSR count). The highest BCUT2D eigenvalue weighted by atomic mass is 32.2. The number of thioether (sulfide) groups is 1. The molecule has 1 fully saturated rings. The zero-order valence-corrected chi connectivity index (χ0v) is 16.7. The molecule has 0 N–H and O–H groups in total. The van der Waals surface area contributed by atoms with Gasteiger partial charge in [0.2, 0.25) is 5.91 Å². The van der Waals surface area contributed by atoms with E-state index in [9.17, 15) is 4.79 Å². The molecule has 0 unspecified atom stereocenters. The van der Waals surface area contributed by atoms with E-state index in [1.165, 1.54) is 17.3 Å². The molecular formula is C20H21N3O2S2. The van der Waals surface area contributed by atoms with Crippen LogP contribution >= 0.6 is 23.1 Å². The van der Waals surface area contributed by atoms with Crippen molar-refractivity contribution in [2.24, 2.45) is 0 Å². The van der Waals surface area contributed by atoms with Gasteiger partial charge in [0, 0.05) is 30.7 Å². The van der Waals surface area contributed by atoms with Gasteiger partial charge in [-0.05, 0) is 59.5 Å². The van der Waals surface area contributed by atoms with E-state index in [1.807, 2.05) is 39.9 Å². The average Bonchev–Trinajstić information content (AvgIpc) is 3.20. The summed E-state index contributed by atoms with van der Waals surface area (Å²) in [4.78, 5) is 19.3. The lowest BCUT2D eigenvalue weighted by atomic mass is 10.3. The Kier molecular flexibility index (Phi) is 5.50. The first kappa shape index (κ1) is 18.1. The van der Waals surface area contributed by atoms with Crippen LogP contribution in [0.1, 0.15) is 18.4 Å². The fourth-order valence-electron chi connectivity index (χ4n) is 2.93. The second-order valence-corrected chi connectivity index (χ2v) is 8.17. The summed E-state index contributed by atoms with van der Waals surface area (Å²) < 4.78 is 7.21. The number of benzene rings is 1. The fraction of sp³-hybridized carbons (Fsp3) is 0.300. The molecule has 0 radical (unpaired) electrons. The molecule has 1 aliphatic carbocycles. The topological polar surface area (TPSA) is 47.4 Å². The Morgan fingerprint density at radius 2 is 2.15 bits per heavy atom. The molecule has 0 spiro atoms. The second kappa shape index (κ2) is 8.19. The first-order valence-electron chi connectivity index (χ1n) is 8.85. The second-order valence-electron chi connectivity index (χ2n) is 6.45. The molecule has 5 nitrogen and oxygen atoms in total.